The van der Waals surface area contributed by atoms with Gasteiger partial charge >= 0.3 is 0 Å². The highest BCUT2D eigenvalue weighted by atomic mass is 35.5. The maximum absolute atomic E-state index is 6.20. The molecule has 3 aromatic heterocycles. The minimum atomic E-state index is 0.629. The number of rotatable bonds is 7. The maximum atomic E-state index is 6.20. The zero-order valence-corrected chi connectivity index (χ0v) is 20.4. The Hall–Kier alpha value is -3.00. The van der Waals surface area contributed by atoms with E-state index in [1.165, 1.54) is 0 Å². The monoisotopic (exact) mass is 475 g/mol. The molecule has 2 N–H and O–H groups in total. The number of anilines is 1. The first-order valence-electron chi connectivity index (χ1n) is 11.8. The molecule has 0 amide bonds. The summed E-state index contributed by atoms with van der Waals surface area (Å²) in [6, 6.07) is 14.4. The molecule has 1 aliphatic heterocycles. The van der Waals surface area contributed by atoms with Gasteiger partial charge in [0.2, 0.25) is 0 Å². The molecule has 1 fully saturated rings. The SMILES string of the molecule is CC(C)N1CCN(CCNc2cnc3ccc(-c4nc[nH]c4-c4cccc(Cl)c4)nc3c2)CC1. The molecule has 0 aliphatic carbocycles. The van der Waals surface area contributed by atoms with Gasteiger partial charge in [0.05, 0.1) is 40.6 Å². The molecule has 5 rings (SSSR count). The van der Waals surface area contributed by atoms with Gasteiger partial charge in [0, 0.05) is 55.9 Å². The highest BCUT2D eigenvalue weighted by molar-refractivity contribution is 6.30. The quantitative estimate of drug-likeness (QED) is 0.401. The average molecular weight is 476 g/mol. The van der Waals surface area contributed by atoms with Crippen LogP contribution in [0.2, 0.25) is 5.02 Å². The molecule has 7 nitrogen and oxygen atoms in total. The molecule has 34 heavy (non-hydrogen) atoms. The van der Waals surface area contributed by atoms with Gasteiger partial charge in [0.1, 0.15) is 5.69 Å². The lowest BCUT2D eigenvalue weighted by molar-refractivity contribution is 0.111. The molecular formula is C26H30ClN7. The third-order valence-electron chi connectivity index (χ3n) is 6.43. The lowest BCUT2D eigenvalue weighted by atomic mass is 10.1. The van der Waals surface area contributed by atoms with E-state index in [0.29, 0.717) is 11.1 Å². The highest BCUT2D eigenvalue weighted by Gasteiger charge is 2.18. The van der Waals surface area contributed by atoms with Crippen LogP contribution >= 0.6 is 11.6 Å². The number of halogens is 1. The summed E-state index contributed by atoms with van der Waals surface area (Å²) in [6.07, 6.45) is 3.57. The predicted molar refractivity (Wildman–Crippen MR) is 139 cm³/mol. The summed E-state index contributed by atoms with van der Waals surface area (Å²) in [6.45, 7) is 11.0. The van der Waals surface area contributed by atoms with E-state index in [1.54, 1.807) is 6.33 Å². The van der Waals surface area contributed by atoms with Crippen molar-refractivity contribution in [1.82, 2.24) is 29.7 Å². The summed E-state index contributed by atoms with van der Waals surface area (Å²) in [4.78, 5) is 22.3. The number of nitrogens with zero attached hydrogens (tertiary/aromatic N) is 5. The summed E-state index contributed by atoms with van der Waals surface area (Å²) in [5.74, 6) is 0. The Labute approximate surface area is 205 Å². The van der Waals surface area contributed by atoms with Crippen LogP contribution in [-0.4, -0.2) is 75.0 Å². The standard InChI is InChI=1S/C26H30ClN7/c1-18(2)34-12-10-33(11-13-34)9-8-28-21-15-24-22(29-16-21)6-7-23(32-24)26-25(30-17-31-26)19-4-3-5-20(27)14-19/h3-7,14-18,28H,8-13H2,1-2H3,(H,30,31). The van der Waals surface area contributed by atoms with E-state index >= 15 is 0 Å². The lowest BCUT2D eigenvalue weighted by Gasteiger charge is -2.36. The van der Waals surface area contributed by atoms with E-state index in [1.807, 2.05) is 42.6 Å². The fourth-order valence-electron chi connectivity index (χ4n) is 4.45. The molecule has 8 heteroatoms. The van der Waals surface area contributed by atoms with Crippen molar-refractivity contribution in [3.05, 3.63) is 60.0 Å². The first kappa shape index (κ1) is 22.8. The lowest BCUT2D eigenvalue weighted by Crippen LogP contribution is -2.49. The number of benzene rings is 1. The zero-order valence-electron chi connectivity index (χ0n) is 19.6. The van der Waals surface area contributed by atoms with Crippen molar-refractivity contribution >= 4 is 28.3 Å². The number of piperazine rings is 1. The summed E-state index contributed by atoms with van der Waals surface area (Å²) in [7, 11) is 0. The second kappa shape index (κ2) is 10.1. The second-order valence-corrected chi connectivity index (χ2v) is 9.43. The number of nitrogens with one attached hydrogen (secondary N) is 2. The molecular weight excluding hydrogens is 446 g/mol. The topological polar surface area (TPSA) is 73.0 Å². The number of H-pyrrole nitrogens is 1. The van der Waals surface area contributed by atoms with Crippen molar-refractivity contribution in [1.29, 1.82) is 0 Å². The van der Waals surface area contributed by atoms with Crippen molar-refractivity contribution in [2.24, 2.45) is 0 Å². The van der Waals surface area contributed by atoms with E-state index in [2.05, 4.69) is 50.0 Å². The molecule has 4 aromatic rings. The van der Waals surface area contributed by atoms with Crippen LogP contribution < -0.4 is 5.32 Å². The van der Waals surface area contributed by atoms with E-state index in [-0.39, 0.29) is 0 Å². The van der Waals surface area contributed by atoms with Crippen molar-refractivity contribution in [3.63, 3.8) is 0 Å². The Bertz CT molecular complexity index is 1260. The van der Waals surface area contributed by atoms with Crippen LogP contribution in [0.4, 0.5) is 5.69 Å². The molecule has 1 aromatic carbocycles. The Balaban J connectivity index is 1.28. The van der Waals surface area contributed by atoms with E-state index < -0.39 is 0 Å². The number of hydrogen-bond donors (Lipinski definition) is 2. The highest BCUT2D eigenvalue weighted by Crippen LogP contribution is 2.30. The number of aromatic amines is 1. The minimum absolute atomic E-state index is 0.629. The normalized spacial score (nSPS) is 15.3. The Morgan fingerprint density at radius 1 is 1.03 bits per heavy atom. The van der Waals surface area contributed by atoms with Crippen LogP contribution in [0.3, 0.4) is 0 Å². The third-order valence-corrected chi connectivity index (χ3v) is 6.66. The van der Waals surface area contributed by atoms with Crippen LogP contribution in [0.15, 0.2) is 55.0 Å². The Morgan fingerprint density at radius 3 is 2.68 bits per heavy atom. The fourth-order valence-corrected chi connectivity index (χ4v) is 4.64. The largest absolute Gasteiger partial charge is 0.382 e. The fraction of sp³-hybridized carbons (Fsp3) is 0.346. The molecule has 176 valence electrons. The molecule has 1 saturated heterocycles. The number of aromatic nitrogens is 4. The van der Waals surface area contributed by atoms with Crippen LogP contribution in [0.1, 0.15) is 13.8 Å². The van der Waals surface area contributed by atoms with Crippen molar-refractivity contribution in [3.8, 4) is 22.6 Å². The summed E-state index contributed by atoms with van der Waals surface area (Å²) < 4.78 is 0. The number of fused-ring (bicyclic) bond motifs is 1. The molecule has 0 radical (unpaired) electrons. The smallest absolute Gasteiger partial charge is 0.114 e. The molecule has 0 bridgehead atoms. The predicted octanol–water partition coefficient (Wildman–Crippen LogP) is 4.78. The van der Waals surface area contributed by atoms with Crippen LogP contribution in [0, 0.1) is 0 Å². The van der Waals surface area contributed by atoms with Gasteiger partial charge in [0.15, 0.2) is 0 Å². The second-order valence-electron chi connectivity index (χ2n) is 8.99. The van der Waals surface area contributed by atoms with Crippen LogP contribution in [0.25, 0.3) is 33.7 Å². The molecule has 1 aliphatic rings. The van der Waals surface area contributed by atoms with Gasteiger partial charge in [-0.1, -0.05) is 23.7 Å². The molecule has 0 saturated carbocycles. The van der Waals surface area contributed by atoms with Gasteiger partial charge in [0.25, 0.3) is 0 Å². The molecule has 0 unspecified atom stereocenters. The van der Waals surface area contributed by atoms with Gasteiger partial charge in [-0.3, -0.25) is 14.8 Å². The van der Waals surface area contributed by atoms with E-state index in [0.717, 1.165) is 78.6 Å². The van der Waals surface area contributed by atoms with Gasteiger partial charge in [-0.05, 0) is 44.2 Å². The minimum Gasteiger partial charge on any atom is -0.382 e. The Morgan fingerprint density at radius 2 is 1.88 bits per heavy atom. The summed E-state index contributed by atoms with van der Waals surface area (Å²) >= 11 is 6.20. The number of pyridine rings is 2. The van der Waals surface area contributed by atoms with Gasteiger partial charge in [-0.25, -0.2) is 9.97 Å². The van der Waals surface area contributed by atoms with E-state index in [9.17, 15) is 0 Å². The van der Waals surface area contributed by atoms with Crippen LogP contribution in [0.5, 0.6) is 0 Å². The first-order chi connectivity index (χ1) is 16.6. The van der Waals surface area contributed by atoms with Crippen molar-refractivity contribution in [2.45, 2.75) is 19.9 Å². The molecule has 0 spiro atoms. The summed E-state index contributed by atoms with van der Waals surface area (Å²) in [5, 5.41) is 4.21. The zero-order chi connectivity index (χ0) is 23.5. The molecule has 0 atom stereocenters. The van der Waals surface area contributed by atoms with Gasteiger partial charge in [-0.2, -0.15) is 0 Å². The molecule has 4 heterocycles. The van der Waals surface area contributed by atoms with E-state index in [4.69, 9.17) is 16.6 Å². The number of imidazole rings is 1. The van der Waals surface area contributed by atoms with Gasteiger partial charge < -0.3 is 10.3 Å². The third kappa shape index (κ3) is 5.06. The van der Waals surface area contributed by atoms with Crippen molar-refractivity contribution < 1.29 is 0 Å². The average Bonchev–Trinajstić information content (AvgIpc) is 3.34. The number of hydrogen-bond acceptors (Lipinski definition) is 6. The van der Waals surface area contributed by atoms with Crippen molar-refractivity contribution in [2.75, 3.05) is 44.6 Å². The summed E-state index contributed by atoms with van der Waals surface area (Å²) in [5.41, 5.74) is 6.15. The van der Waals surface area contributed by atoms with Crippen LogP contribution in [-0.2, 0) is 0 Å². The maximum Gasteiger partial charge on any atom is 0.114 e. The van der Waals surface area contributed by atoms with Gasteiger partial charge in [-0.15, -0.1) is 0 Å². The first-order valence-corrected chi connectivity index (χ1v) is 12.2. The Kier molecular flexibility index (Phi) is 6.76.